The quantitative estimate of drug-likeness (QED) is 0.678. The summed E-state index contributed by atoms with van der Waals surface area (Å²) >= 11 is 7.36. The molecule has 0 atom stereocenters. The van der Waals surface area contributed by atoms with E-state index in [9.17, 15) is 8.42 Å². The van der Waals surface area contributed by atoms with Crippen molar-refractivity contribution in [3.05, 3.63) is 41.2 Å². The standard InChI is InChI=1S/C15H16ClN5O2S2/c1-11-10-21-14(17-11)24-15(18-21)19-6-8-20(9-7-19)25(22,23)13-4-2-12(16)3-5-13/h2-5,10H,6-9H2,1H3. The number of aromatic nitrogens is 3. The van der Waals surface area contributed by atoms with Crippen molar-refractivity contribution in [2.75, 3.05) is 31.1 Å². The van der Waals surface area contributed by atoms with Gasteiger partial charge in [-0.2, -0.15) is 4.31 Å². The topological polar surface area (TPSA) is 70.8 Å². The number of benzene rings is 1. The third kappa shape index (κ3) is 3.12. The van der Waals surface area contributed by atoms with Gasteiger partial charge in [-0.25, -0.2) is 17.9 Å². The monoisotopic (exact) mass is 397 g/mol. The van der Waals surface area contributed by atoms with Crippen molar-refractivity contribution in [2.45, 2.75) is 11.8 Å². The van der Waals surface area contributed by atoms with Crippen LogP contribution in [0.1, 0.15) is 5.69 Å². The summed E-state index contributed by atoms with van der Waals surface area (Å²) in [6.07, 6.45) is 1.89. The lowest BCUT2D eigenvalue weighted by Crippen LogP contribution is -2.48. The lowest BCUT2D eigenvalue weighted by molar-refractivity contribution is 0.384. The first-order valence-corrected chi connectivity index (χ1v) is 10.4. The van der Waals surface area contributed by atoms with Crippen LogP contribution in [-0.4, -0.2) is 53.5 Å². The summed E-state index contributed by atoms with van der Waals surface area (Å²) in [6, 6.07) is 6.28. The number of anilines is 1. The molecule has 10 heteroatoms. The van der Waals surface area contributed by atoms with Crippen LogP contribution in [0.2, 0.25) is 5.02 Å². The van der Waals surface area contributed by atoms with Crippen molar-refractivity contribution in [1.29, 1.82) is 0 Å². The number of halogens is 1. The van der Waals surface area contributed by atoms with Gasteiger partial charge in [0.2, 0.25) is 20.1 Å². The van der Waals surface area contributed by atoms with Crippen LogP contribution in [0.3, 0.4) is 0 Å². The lowest BCUT2D eigenvalue weighted by atomic mass is 10.4. The minimum Gasteiger partial charge on any atom is -0.344 e. The normalized spacial score (nSPS) is 16.6. The van der Waals surface area contributed by atoms with E-state index in [2.05, 4.69) is 15.0 Å². The molecular weight excluding hydrogens is 382 g/mol. The highest BCUT2D eigenvalue weighted by Gasteiger charge is 2.29. The average molecular weight is 398 g/mol. The molecule has 0 N–H and O–H groups in total. The molecule has 3 aromatic rings. The van der Waals surface area contributed by atoms with Crippen molar-refractivity contribution >= 4 is 43.1 Å². The predicted octanol–water partition coefficient (Wildman–Crippen LogP) is 2.26. The summed E-state index contributed by atoms with van der Waals surface area (Å²) in [5.74, 6) is 0. The van der Waals surface area contributed by atoms with Gasteiger partial charge in [0.05, 0.1) is 16.8 Å². The molecule has 0 saturated carbocycles. The Kier molecular flexibility index (Phi) is 4.19. The van der Waals surface area contributed by atoms with Crippen LogP contribution in [0, 0.1) is 6.92 Å². The Morgan fingerprint density at radius 3 is 2.44 bits per heavy atom. The number of hydrogen-bond donors (Lipinski definition) is 0. The predicted molar refractivity (Wildman–Crippen MR) is 98.0 cm³/mol. The van der Waals surface area contributed by atoms with Gasteiger partial charge in [-0.1, -0.05) is 22.9 Å². The highest BCUT2D eigenvalue weighted by Crippen LogP contribution is 2.26. The van der Waals surface area contributed by atoms with Gasteiger partial charge in [-0.05, 0) is 31.2 Å². The first-order valence-electron chi connectivity index (χ1n) is 7.77. The Balaban J connectivity index is 1.48. The number of hydrogen-bond acceptors (Lipinski definition) is 6. The Labute approximate surface area is 154 Å². The number of sulfonamides is 1. The molecule has 2 aromatic heterocycles. The zero-order chi connectivity index (χ0) is 17.6. The number of aryl methyl sites for hydroxylation is 1. The van der Waals surface area contributed by atoms with Gasteiger partial charge >= 0.3 is 0 Å². The molecule has 3 heterocycles. The summed E-state index contributed by atoms with van der Waals surface area (Å²) in [7, 11) is -3.49. The summed E-state index contributed by atoms with van der Waals surface area (Å²) in [4.78, 5) is 7.63. The Morgan fingerprint density at radius 2 is 1.80 bits per heavy atom. The molecule has 1 aliphatic rings. The van der Waals surface area contributed by atoms with Gasteiger partial charge in [0.1, 0.15) is 0 Å². The van der Waals surface area contributed by atoms with Crippen LogP contribution in [0.15, 0.2) is 35.4 Å². The van der Waals surface area contributed by atoms with Gasteiger partial charge < -0.3 is 4.90 Å². The van der Waals surface area contributed by atoms with Crippen LogP contribution in [-0.2, 0) is 10.0 Å². The molecule has 0 aliphatic carbocycles. The van der Waals surface area contributed by atoms with Crippen molar-refractivity contribution in [2.24, 2.45) is 0 Å². The molecule has 0 spiro atoms. The summed E-state index contributed by atoms with van der Waals surface area (Å²) in [6.45, 7) is 3.98. The number of piperazine rings is 1. The van der Waals surface area contributed by atoms with Crippen LogP contribution in [0.4, 0.5) is 5.13 Å². The minimum atomic E-state index is -3.49. The van der Waals surface area contributed by atoms with Crippen LogP contribution in [0.5, 0.6) is 0 Å². The smallest absolute Gasteiger partial charge is 0.243 e. The fraction of sp³-hybridized carbons (Fsp3) is 0.333. The van der Waals surface area contributed by atoms with Crippen molar-refractivity contribution in [3.8, 4) is 0 Å². The van der Waals surface area contributed by atoms with Crippen molar-refractivity contribution in [3.63, 3.8) is 0 Å². The molecule has 4 rings (SSSR count). The van der Waals surface area contributed by atoms with Crippen LogP contribution < -0.4 is 4.90 Å². The first kappa shape index (κ1) is 16.8. The minimum absolute atomic E-state index is 0.272. The molecule has 0 radical (unpaired) electrons. The maximum absolute atomic E-state index is 12.7. The SMILES string of the molecule is Cc1cn2nc(N3CCN(S(=O)(=O)c4ccc(Cl)cc4)CC3)sc2n1. The van der Waals surface area contributed by atoms with Gasteiger partial charge in [0.15, 0.2) is 0 Å². The maximum Gasteiger partial charge on any atom is 0.243 e. The van der Waals surface area contributed by atoms with E-state index in [0.29, 0.717) is 31.2 Å². The van der Waals surface area contributed by atoms with E-state index in [0.717, 1.165) is 15.8 Å². The third-order valence-electron chi connectivity index (χ3n) is 4.11. The first-order chi connectivity index (χ1) is 11.9. The molecule has 25 heavy (non-hydrogen) atoms. The van der Waals surface area contributed by atoms with Crippen molar-refractivity contribution in [1.82, 2.24) is 18.9 Å². The molecule has 1 aromatic carbocycles. The van der Waals surface area contributed by atoms with E-state index in [1.54, 1.807) is 28.8 Å². The second-order valence-electron chi connectivity index (χ2n) is 5.84. The molecule has 1 fully saturated rings. The molecule has 1 saturated heterocycles. The van der Waals surface area contributed by atoms with Gasteiger partial charge in [-0.3, -0.25) is 0 Å². The Bertz CT molecular complexity index is 973. The van der Waals surface area contributed by atoms with E-state index in [4.69, 9.17) is 11.6 Å². The van der Waals surface area contributed by atoms with E-state index in [-0.39, 0.29) is 4.90 Å². The molecule has 1 aliphatic heterocycles. The molecule has 132 valence electrons. The average Bonchev–Trinajstić information content (AvgIpc) is 3.13. The highest BCUT2D eigenvalue weighted by atomic mass is 35.5. The van der Waals surface area contributed by atoms with E-state index < -0.39 is 10.0 Å². The molecule has 0 bridgehead atoms. The second-order valence-corrected chi connectivity index (χ2v) is 9.15. The van der Waals surface area contributed by atoms with Gasteiger partial charge in [0, 0.05) is 31.2 Å². The van der Waals surface area contributed by atoms with E-state index in [1.807, 2.05) is 13.1 Å². The number of nitrogens with zero attached hydrogens (tertiary/aromatic N) is 5. The maximum atomic E-state index is 12.7. The lowest BCUT2D eigenvalue weighted by Gasteiger charge is -2.33. The number of fused-ring (bicyclic) bond motifs is 1. The van der Waals surface area contributed by atoms with Gasteiger partial charge in [-0.15, -0.1) is 5.10 Å². The second kappa shape index (κ2) is 6.24. The third-order valence-corrected chi connectivity index (χ3v) is 7.26. The van der Waals surface area contributed by atoms with Gasteiger partial charge in [0.25, 0.3) is 0 Å². The summed E-state index contributed by atoms with van der Waals surface area (Å²) in [5, 5.41) is 5.92. The van der Waals surface area contributed by atoms with E-state index >= 15 is 0 Å². The van der Waals surface area contributed by atoms with Crippen molar-refractivity contribution < 1.29 is 8.42 Å². The number of rotatable bonds is 3. The molecule has 7 nitrogen and oxygen atoms in total. The van der Waals surface area contributed by atoms with Crippen LogP contribution in [0.25, 0.3) is 4.96 Å². The summed E-state index contributed by atoms with van der Waals surface area (Å²) < 4.78 is 28.7. The molecular formula is C15H16ClN5O2S2. The Hall–Kier alpha value is -1.68. The fourth-order valence-corrected chi connectivity index (χ4v) is 5.33. The largest absolute Gasteiger partial charge is 0.344 e. The molecule has 0 amide bonds. The molecule has 0 unspecified atom stereocenters. The highest BCUT2D eigenvalue weighted by molar-refractivity contribution is 7.89. The van der Waals surface area contributed by atoms with E-state index in [1.165, 1.54) is 15.6 Å². The summed E-state index contributed by atoms with van der Waals surface area (Å²) in [5.41, 5.74) is 0.934. The zero-order valence-electron chi connectivity index (χ0n) is 13.5. The van der Waals surface area contributed by atoms with Crippen LogP contribution >= 0.6 is 22.9 Å². The Morgan fingerprint density at radius 1 is 1.12 bits per heavy atom. The number of imidazole rings is 1. The fourth-order valence-electron chi connectivity index (χ4n) is 2.80. The zero-order valence-corrected chi connectivity index (χ0v) is 15.9.